The van der Waals surface area contributed by atoms with Crippen molar-refractivity contribution >= 4 is 27.5 Å². The van der Waals surface area contributed by atoms with Crippen LogP contribution in [0.15, 0.2) is 69.8 Å². The smallest absolute Gasteiger partial charge is 0.262 e. The van der Waals surface area contributed by atoms with Crippen LogP contribution in [0.3, 0.4) is 0 Å². The minimum Gasteiger partial charge on any atom is -0.496 e. The van der Waals surface area contributed by atoms with Crippen LogP contribution >= 0.6 is 11.8 Å². The minimum absolute atomic E-state index is 0.219. The summed E-state index contributed by atoms with van der Waals surface area (Å²) in [5.41, 5.74) is 1.81. The van der Waals surface area contributed by atoms with Gasteiger partial charge < -0.3 is 4.74 Å². The Morgan fingerprint density at radius 3 is 2.44 bits per heavy atom. The normalized spacial score (nSPS) is 11.2. The Morgan fingerprint density at radius 1 is 0.963 bits per heavy atom. The molecule has 0 amide bonds. The van der Waals surface area contributed by atoms with E-state index in [0.29, 0.717) is 22.0 Å². The fourth-order valence-corrected chi connectivity index (χ4v) is 4.66. The van der Waals surface area contributed by atoms with Gasteiger partial charge in [-0.25, -0.2) is 18.4 Å². The van der Waals surface area contributed by atoms with Gasteiger partial charge in [-0.2, -0.15) is 0 Å². The Bertz CT molecular complexity index is 1060. The van der Waals surface area contributed by atoms with Gasteiger partial charge in [0.1, 0.15) is 15.8 Å². The lowest BCUT2D eigenvalue weighted by atomic mass is 10.1. The lowest BCUT2D eigenvalue weighted by Crippen LogP contribution is -2.15. The maximum absolute atomic E-state index is 12.9. The molecule has 0 atom stereocenters. The van der Waals surface area contributed by atoms with Gasteiger partial charge in [0.25, 0.3) is 10.0 Å². The first kappa shape index (κ1) is 19.2. The number of ether oxygens (including phenoxy) is 1. The molecule has 0 fully saturated rings. The summed E-state index contributed by atoms with van der Waals surface area (Å²) < 4.78 is 33.6. The minimum atomic E-state index is -3.74. The third-order valence-corrected chi connectivity index (χ3v) is 6.22. The van der Waals surface area contributed by atoms with Crippen LogP contribution in [0.2, 0.25) is 0 Å². The van der Waals surface area contributed by atoms with Crippen LogP contribution in [0.4, 0.5) is 5.69 Å². The topological polar surface area (TPSA) is 81.2 Å². The predicted octanol–water partition coefficient (Wildman–Crippen LogP) is 4.05. The van der Waals surface area contributed by atoms with E-state index in [9.17, 15) is 8.42 Å². The zero-order valence-corrected chi connectivity index (χ0v) is 16.8. The molecule has 0 radical (unpaired) electrons. The maximum atomic E-state index is 12.9. The fourth-order valence-electron chi connectivity index (χ4n) is 2.53. The molecule has 2 heterocycles. The summed E-state index contributed by atoms with van der Waals surface area (Å²) in [4.78, 5) is 8.72. The first-order valence-electron chi connectivity index (χ1n) is 8.12. The Balaban J connectivity index is 1.86. The molecular weight excluding hydrogens is 382 g/mol. The average molecular weight is 402 g/mol. The summed E-state index contributed by atoms with van der Waals surface area (Å²) >= 11 is 1.36. The van der Waals surface area contributed by atoms with Gasteiger partial charge in [-0.1, -0.05) is 17.8 Å². The second-order valence-electron chi connectivity index (χ2n) is 5.85. The van der Waals surface area contributed by atoms with E-state index < -0.39 is 10.0 Å². The number of aromatic nitrogens is 2. The van der Waals surface area contributed by atoms with Crippen LogP contribution in [0, 0.1) is 13.8 Å². The van der Waals surface area contributed by atoms with Gasteiger partial charge in [-0.15, -0.1) is 0 Å². The zero-order valence-electron chi connectivity index (χ0n) is 15.1. The number of aryl methyl sites for hydroxylation is 2. The molecule has 27 heavy (non-hydrogen) atoms. The van der Waals surface area contributed by atoms with E-state index in [1.807, 2.05) is 25.1 Å². The van der Waals surface area contributed by atoms with Crippen LogP contribution in [-0.2, 0) is 10.0 Å². The molecule has 6 nitrogen and oxygen atoms in total. The van der Waals surface area contributed by atoms with Crippen LogP contribution in [0.5, 0.6) is 5.75 Å². The highest BCUT2D eigenvalue weighted by Crippen LogP contribution is 2.29. The van der Waals surface area contributed by atoms with Gasteiger partial charge in [0.15, 0.2) is 0 Å². The third kappa shape index (κ3) is 4.58. The molecule has 0 aliphatic heterocycles. The Kier molecular flexibility index (Phi) is 5.67. The molecule has 0 saturated carbocycles. The molecule has 8 heteroatoms. The summed E-state index contributed by atoms with van der Waals surface area (Å²) in [5, 5.41) is 1.43. The number of nitrogens with zero attached hydrogens (tertiary/aromatic N) is 2. The number of anilines is 1. The molecule has 2 aromatic heterocycles. The number of hydrogen-bond donors (Lipinski definition) is 1. The summed E-state index contributed by atoms with van der Waals surface area (Å²) in [6, 6.07) is 12.2. The first-order valence-corrected chi connectivity index (χ1v) is 10.4. The van der Waals surface area contributed by atoms with Crippen molar-refractivity contribution in [2.75, 3.05) is 11.8 Å². The van der Waals surface area contributed by atoms with Crippen molar-refractivity contribution in [1.82, 2.24) is 9.97 Å². The number of pyridine rings is 2. The van der Waals surface area contributed by atoms with Crippen LogP contribution in [-0.4, -0.2) is 25.5 Å². The first-order chi connectivity index (χ1) is 12.9. The molecule has 3 rings (SSSR count). The monoisotopic (exact) mass is 401 g/mol. The molecule has 0 saturated heterocycles. The van der Waals surface area contributed by atoms with Crippen molar-refractivity contribution in [3.8, 4) is 5.75 Å². The van der Waals surface area contributed by atoms with E-state index in [4.69, 9.17) is 4.74 Å². The van der Waals surface area contributed by atoms with Crippen molar-refractivity contribution < 1.29 is 13.2 Å². The number of hydrogen-bond acceptors (Lipinski definition) is 6. The molecule has 1 N–H and O–H groups in total. The largest absolute Gasteiger partial charge is 0.496 e. The second kappa shape index (κ2) is 7.98. The van der Waals surface area contributed by atoms with Crippen molar-refractivity contribution in [2.45, 2.75) is 28.8 Å². The number of methoxy groups -OCH3 is 1. The van der Waals surface area contributed by atoms with Gasteiger partial charge >= 0.3 is 0 Å². The number of rotatable bonds is 6. The summed E-state index contributed by atoms with van der Waals surface area (Å²) in [5.74, 6) is 0.657. The van der Waals surface area contributed by atoms with Gasteiger partial charge in [0, 0.05) is 12.4 Å². The fraction of sp³-hybridized carbons (Fsp3) is 0.158. The van der Waals surface area contributed by atoms with Gasteiger partial charge in [-0.05, 0) is 61.4 Å². The zero-order chi connectivity index (χ0) is 19.4. The Hall–Kier alpha value is -2.58. The lowest BCUT2D eigenvalue weighted by Gasteiger charge is -2.13. The van der Waals surface area contributed by atoms with Crippen molar-refractivity contribution in [1.29, 1.82) is 0 Å². The molecule has 0 unspecified atom stereocenters. The summed E-state index contributed by atoms with van der Waals surface area (Å²) in [6.45, 7) is 3.55. The number of benzene rings is 1. The SMILES string of the molecule is COc1cc(C)c(S(=O)(=O)Nc2ccnc(Sc3ccccn3)c2)cc1C. The van der Waals surface area contributed by atoms with Crippen LogP contribution in [0.1, 0.15) is 11.1 Å². The van der Waals surface area contributed by atoms with Gasteiger partial charge in [0.2, 0.25) is 0 Å². The summed E-state index contributed by atoms with van der Waals surface area (Å²) in [6.07, 6.45) is 3.26. The molecule has 0 spiro atoms. The second-order valence-corrected chi connectivity index (χ2v) is 8.54. The van der Waals surface area contributed by atoms with Gasteiger partial charge in [-0.3, -0.25) is 4.72 Å². The Labute approximate surface area is 163 Å². The maximum Gasteiger partial charge on any atom is 0.262 e. The van der Waals surface area contributed by atoms with E-state index in [1.165, 1.54) is 11.8 Å². The molecule has 1 aromatic carbocycles. The third-order valence-electron chi connectivity index (χ3n) is 3.82. The van der Waals surface area contributed by atoms with E-state index >= 15 is 0 Å². The van der Waals surface area contributed by atoms with E-state index in [1.54, 1.807) is 50.7 Å². The van der Waals surface area contributed by atoms with Crippen LogP contribution < -0.4 is 9.46 Å². The highest BCUT2D eigenvalue weighted by Gasteiger charge is 2.19. The molecule has 0 aliphatic carbocycles. The molecular formula is C19H19N3O3S2. The predicted molar refractivity (Wildman–Crippen MR) is 106 cm³/mol. The highest BCUT2D eigenvalue weighted by atomic mass is 32.2. The average Bonchev–Trinajstić information content (AvgIpc) is 2.64. The van der Waals surface area contributed by atoms with Gasteiger partial charge in [0.05, 0.1) is 17.7 Å². The molecule has 0 aliphatic rings. The lowest BCUT2D eigenvalue weighted by molar-refractivity contribution is 0.411. The number of sulfonamides is 1. The van der Waals surface area contributed by atoms with Crippen LogP contribution in [0.25, 0.3) is 0 Å². The van der Waals surface area contributed by atoms with E-state index in [-0.39, 0.29) is 4.90 Å². The highest BCUT2D eigenvalue weighted by molar-refractivity contribution is 7.99. The van der Waals surface area contributed by atoms with Crippen molar-refractivity contribution in [3.63, 3.8) is 0 Å². The summed E-state index contributed by atoms with van der Waals surface area (Å²) in [7, 11) is -2.18. The number of nitrogens with one attached hydrogen (secondary N) is 1. The molecule has 3 aromatic rings. The van der Waals surface area contributed by atoms with E-state index in [2.05, 4.69) is 14.7 Å². The van der Waals surface area contributed by atoms with Crippen molar-refractivity contribution in [3.05, 3.63) is 66.0 Å². The molecule has 0 bridgehead atoms. The molecule has 140 valence electrons. The van der Waals surface area contributed by atoms with Crippen molar-refractivity contribution in [2.24, 2.45) is 0 Å². The quantitative estimate of drug-likeness (QED) is 0.671. The standard InChI is InChI=1S/C19H19N3O3S2/c1-13-11-17(14(2)10-16(13)25-3)27(23,24)22-15-7-9-21-19(12-15)26-18-6-4-5-8-20-18/h4-12H,1-3H3,(H,21,22). The van der Waals surface area contributed by atoms with E-state index in [0.717, 1.165) is 10.6 Å². The Morgan fingerprint density at radius 2 is 1.74 bits per heavy atom.